The second-order valence-corrected chi connectivity index (χ2v) is 8.39. The molecule has 134 valence electrons. The number of nitrogens with zero attached hydrogens (tertiary/aromatic N) is 2. The molecule has 4 nitrogen and oxygen atoms in total. The van der Waals surface area contributed by atoms with Crippen LogP contribution in [0.25, 0.3) is 0 Å². The van der Waals surface area contributed by atoms with Crippen molar-refractivity contribution in [3.8, 4) is 0 Å². The molecule has 1 spiro atoms. The fourth-order valence-electron chi connectivity index (χ4n) is 4.34. The molecule has 4 rings (SSSR count). The van der Waals surface area contributed by atoms with E-state index in [0.29, 0.717) is 30.4 Å². The quantitative estimate of drug-likeness (QED) is 0.827. The third kappa shape index (κ3) is 3.55. The number of piperidine rings is 1. The molecule has 0 unspecified atom stereocenters. The molecular weight excluding hydrogens is 336 g/mol. The van der Waals surface area contributed by atoms with Crippen molar-refractivity contribution in [2.24, 2.45) is 11.3 Å². The van der Waals surface area contributed by atoms with Gasteiger partial charge in [0.25, 0.3) is 0 Å². The Balaban J connectivity index is 1.41. The average Bonchev–Trinajstić information content (AvgIpc) is 3.30. The number of halogens is 1. The van der Waals surface area contributed by atoms with Crippen molar-refractivity contribution in [1.82, 2.24) is 9.80 Å². The maximum Gasteiger partial charge on any atom is 0.230 e. The Morgan fingerprint density at radius 1 is 1.24 bits per heavy atom. The van der Waals surface area contributed by atoms with Crippen LogP contribution in [-0.2, 0) is 16.0 Å². The van der Waals surface area contributed by atoms with Crippen molar-refractivity contribution < 1.29 is 9.59 Å². The minimum atomic E-state index is -0.322. The van der Waals surface area contributed by atoms with Gasteiger partial charge in [-0.05, 0) is 55.7 Å². The molecule has 3 aliphatic rings. The molecule has 2 heterocycles. The van der Waals surface area contributed by atoms with Crippen molar-refractivity contribution in [1.29, 1.82) is 0 Å². The van der Waals surface area contributed by atoms with E-state index in [4.69, 9.17) is 11.6 Å². The molecule has 1 aromatic carbocycles. The lowest BCUT2D eigenvalue weighted by atomic mass is 9.78. The minimum absolute atomic E-state index is 0.103. The molecule has 1 atom stereocenters. The number of hydrogen-bond acceptors (Lipinski definition) is 2. The van der Waals surface area contributed by atoms with Gasteiger partial charge in [0.2, 0.25) is 11.8 Å². The number of carbonyl (C=O) groups is 2. The average molecular weight is 361 g/mol. The summed E-state index contributed by atoms with van der Waals surface area (Å²) in [6.07, 6.45) is 5.69. The van der Waals surface area contributed by atoms with Gasteiger partial charge in [-0.3, -0.25) is 9.59 Å². The van der Waals surface area contributed by atoms with E-state index in [1.165, 1.54) is 12.8 Å². The molecule has 1 aliphatic carbocycles. The van der Waals surface area contributed by atoms with Crippen molar-refractivity contribution in [3.63, 3.8) is 0 Å². The third-order valence-corrected chi connectivity index (χ3v) is 6.19. The number of hydrogen-bond donors (Lipinski definition) is 0. The summed E-state index contributed by atoms with van der Waals surface area (Å²) in [5.74, 6) is 1.12. The van der Waals surface area contributed by atoms with Gasteiger partial charge in [-0.15, -0.1) is 0 Å². The first-order chi connectivity index (χ1) is 12.1. The number of likely N-dealkylation sites (tertiary alicyclic amines) is 2. The van der Waals surface area contributed by atoms with Crippen LogP contribution < -0.4 is 0 Å². The molecule has 0 bridgehead atoms. The largest absolute Gasteiger partial charge is 0.342 e. The summed E-state index contributed by atoms with van der Waals surface area (Å²) in [5.41, 5.74) is 0.612. The van der Waals surface area contributed by atoms with Crippen LogP contribution in [0.2, 0.25) is 5.02 Å². The number of amides is 2. The Morgan fingerprint density at radius 2 is 2.08 bits per heavy atom. The predicted octanol–water partition coefficient (Wildman–Crippen LogP) is 3.13. The van der Waals surface area contributed by atoms with E-state index in [2.05, 4.69) is 4.90 Å². The molecular formula is C20H25ClN2O2. The Kier molecular flexibility index (Phi) is 4.48. The zero-order valence-corrected chi connectivity index (χ0v) is 15.3. The maximum atomic E-state index is 13.1. The summed E-state index contributed by atoms with van der Waals surface area (Å²) in [4.78, 5) is 29.7. The number of rotatable bonds is 4. The first kappa shape index (κ1) is 16.9. The summed E-state index contributed by atoms with van der Waals surface area (Å²) in [6, 6.07) is 7.46. The van der Waals surface area contributed by atoms with Gasteiger partial charge in [0.15, 0.2) is 0 Å². The van der Waals surface area contributed by atoms with Crippen molar-refractivity contribution >= 4 is 23.4 Å². The van der Waals surface area contributed by atoms with Gasteiger partial charge in [0.05, 0.1) is 11.8 Å². The first-order valence-electron chi connectivity index (χ1n) is 9.37. The first-order valence-corrected chi connectivity index (χ1v) is 9.75. The lowest BCUT2D eigenvalue weighted by Gasteiger charge is -2.39. The number of benzene rings is 1. The predicted molar refractivity (Wildman–Crippen MR) is 97.3 cm³/mol. The molecule has 2 amide bonds. The summed E-state index contributed by atoms with van der Waals surface area (Å²) in [7, 11) is 0. The van der Waals surface area contributed by atoms with Gasteiger partial charge in [-0.1, -0.05) is 23.7 Å². The summed E-state index contributed by atoms with van der Waals surface area (Å²) in [6.45, 7) is 3.11. The highest BCUT2D eigenvalue weighted by Crippen LogP contribution is 2.41. The Hall–Kier alpha value is -1.55. The molecule has 0 N–H and O–H groups in total. The van der Waals surface area contributed by atoms with E-state index < -0.39 is 0 Å². The van der Waals surface area contributed by atoms with Gasteiger partial charge in [-0.25, -0.2) is 0 Å². The highest BCUT2D eigenvalue weighted by Gasteiger charge is 2.49. The fourth-order valence-corrected chi connectivity index (χ4v) is 4.55. The van der Waals surface area contributed by atoms with Crippen molar-refractivity contribution in [2.45, 2.75) is 38.5 Å². The second-order valence-electron chi connectivity index (χ2n) is 7.95. The minimum Gasteiger partial charge on any atom is -0.342 e. The monoisotopic (exact) mass is 360 g/mol. The lowest BCUT2D eigenvalue weighted by molar-refractivity contribution is -0.146. The molecule has 5 heteroatoms. The Labute approximate surface area is 154 Å². The molecule has 2 saturated heterocycles. The van der Waals surface area contributed by atoms with E-state index >= 15 is 0 Å². The normalized spacial score (nSPS) is 26.5. The van der Waals surface area contributed by atoms with Crippen molar-refractivity contribution in [2.75, 3.05) is 26.2 Å². The molecule has 1 aromatic rings. The van der Waals surface area contributed by atoms with Gasteiger partial charge < -0.3 is 9.80 Å². The summed E-state index contributed by atoms with van der Waals surface area (Å²) < 4.78 is 0. The molecule has 1 saturated carbocycles. The van der Waals surface area contributed by atoms with Crippen LogP contribution in [0.1, 0.15) is 37.7 Å². The molecule has 0 radical (unpaired) electrons. The van der Waals surface area contributed by atoms with Crippen LogP contribution in [-0.4, -0.2) is 47.8 Å². The van der Waals surface area contributed by atoms with E-state index in [1.807, 2.05) is 29.2 Å². The van der Waals surface area contributed by atoms with Gasteiger partial charge in [0.1, 0.15) is 0 Å². The Bertz CT molecular complexity index is 688. The van der Waals surface area contributed by atoms with Crippen molar-refractivity contribution in [3.05, 3.63) is 34.9 Å². The lowest BCUT2D eigenvalue weighted by Crippen LogP contribution is -2.51. The molecule has 0 aromatic heterocycles. The van der Waals surface area contributed by atoms with E-state index in [0.717, 1.165) is 43.8 Å². The SMILES string of the molecule is O=C(Cc1cccc(Cl)c1)N1CC[C@]2(CCCN(CC3CC3)C2=O)C1. The van der Waals surface area contributed by atoms with E-state index in [9.17, 15) is 9.59 Å². The van der Waals surface area contributed by atoms with Gasteiger partial charge in [-0.2, -0.15) is 0 Å². The fraction of sp³-hybridized carbons (Fsp3) is 0.600. The summed E-state index contributed by atoms with van der Waals surface area (Å²) in [5, 5.41) is 0.654. The molecule has 3 fully saturated rings. The van der Waals surface area contributed by atoms with Crippen LogP contribution >= 0.6 is 11.6 Å². The second kappa shape index (κ2) is 6.64. The summed E-state index contributed by atoms with van der Waals surface area (Å²) >= 11 is 6.01. The zero-order chi connectivity index (χ0) is 17.4. The smallest absolute Gasteiger partial charge is 0.230 e. The highest BCUT2D eigenvalue weighted by molar-refractivity contribution is 6.30. The van der Waals surface area contributed by atoms with Gasteiger partial charge >= 0.3 is 0 Å². The van der Waals surface area contributed by atoms with Crippen LogP contribution in [0.3, 0.4) is 0 Å². The highest BCUT2D eigenvalue weighted by atomic mass is 35.5. The Morgan fingerprint density at radius 3 is 2.84 bits per heavy atom. The molecule has 25 heavy (non-hydrogen) atoms. The van der Waals surface area contributed by atoms with Gasteiger partial charge in [0, 0.05) is 31.2 Å². The van der Waals surface area contributed by atoms with Crippen LogP contribution in [0.5, 0.6) is 0 Å². The zero-order valence-electron chi connectivity index (χ0n) is 14.5. The molecule has 2 aliphatic heterocycles. The van der Waals surface area contributed by atoms with E-state index in [-0.39, 0.29) is 11.3 Å². The maximum absolute atomic E-state index is 13.1. The number of carbonyl (C=O) groups excluding carboxylic acids is 2. The van der Waals surface area contributed by atoms with Crippen LogP contribution in [0.4, 0.5) is 0 Å². The third-order valence-electron chi connectivity index (χ3n) is 5.95. The van der Waals surface area contributed by atoms with Crippen LogP contribution in [0, 0.1) is 11.3 Å². The van der Waals surface area contributed by atoms with E-state index in [1.54, 1.807) is 0 Å². The van der Waals surface area contributed by atoms with Crippen LogP contribution in [0.15, 0.2) is 24.3 Å². The topological polar surface area (TPSA) is 40.6 Å². The standard InChI is InChI=1S/C20H25ClN2O2/c21-17-4-1-3-16(11-17)12-18(24)23-10-8-20(14-23)7-2-9-22(19(20)25)13-15-5-6-15/h1,3-4,11,15H,2,5-10,12-14H2/t20-/m1/s1.